The molecule has 0 spiro atoms. The predicted octanol–water partition coefficient (Wildman–Crippen LogP) is 2.79. The van der Waals surface area contributed by atoms with Gasteiger partial charge in [0, 0.05) is 6.61 Å². The van der Waals surface area contributed by atoms with E-state index < -0.39 is 0 Å². The van der Waals surface area contributed by atoms with Crippen LogP contribution < -0.4 is 0 Å². The van der Waals surface area contributed by atoms with Gasteiger partial charge in [0.25, 0.3) is 0 Å². The molecule has 80 valence electrons. The summed E-state index contributed by atoms with van der Waals surface area (Å²) in [7, 11) is 0. The molecule has 0 aliphatic carbocycles. The van der Waals surface area contributed by atoms with Crippen molar-refractivity contribution in [3.05, 3.63) is 26.3 Å². The van der Waals surface area contributed by atoms with Gasteiger partial charge in [0.05, 0.1) is 12.7 Å². The van der Waals surface area contributed by atoms with E-state index in [2.05, 4.69) is 33.2 Å². The number of hydrogen-bond donors (Lipinski definition) is 1. The smallest absolute Gasteiger partial charge is 0.0745 e. The minimum atomic E-state index is -0.318. The van der Waals surface area contributed by atoms with Gasteiger partial charge in [-0.1, -0.05) is 13.3 Å². The first kappa shape index (κ1) is 18.2. The van der Waals surface area contributed by atoms with E-state index in [1.165, 1.54) is 0 Å². The zero-order chi connectivity index (χ0) is 11.1. The Hall–Kier alpha value is -0.600. The molecule has 0 saturated heterocycles. The maximum absolute atomic E-state index is 8.73. The summed E-state index contributed by atoms with van der Waals surface area (Å²) < 4.78 is 5.09. The van der Waals surface area contributed by atoms with Crippen molar-refractivity contribution in [2.24, 2.45) is 0 Å². The first-order chi connectivity index (χ1) is 6.27. The third kappa shape index (κ3) is 34.5. The largest absolute Gasteiger partial charge is 0.391 e. The second-order valence-electron chi connectivity index (χ2n) is 2.28. The minimum absolute atomic E-state index is 0.318. The van der Waals surface area contributed by atoms with Crippen LogP contribution in [0, 0.1) is 0 Å². The highest BCUT2D eigenvalue weighted by atomic mass is 16.5. The fraction of sp³-hybridized carbons (Fsp3) is 0.636. The van der Waals surface area contributed by atoms with Gasteiger partial charge in [-0.3, -0.25) is 0 Å². The Balaban J connectivity index is -0.000000218. The number of aliphatic hydroxyl groups is 1. The van der Waals surface area contributed by atoms with Crippen molar-refractivity contribution in [1.29, 1.82) is 0 Å². The Morgan fingerprint density at radius 3 is 2.00 bits per heavy atom. The molecule has 13 heavy (non-hydrogen) atoms. The summed E-state index contributed by atoms with van der Waals surface area (Å²) >= 11 is 0. The molecule has 1 unspecified atom stereocenters. The van der Waals surface area contributed by atoms with Crippen LogP contribution >= 0.6 is 0 Å². The first-order valence-corrected chi connectivity index (χ1v) is 4.53. The molecule has 0 aliphatic rings. The van der Waals surface area contributed by atoms with Crippen LogP contribution in [0.5, 0.6) is 0 Å². The van der Waals surface area contributed by atoms with Crippen LogP contribution in [0.2, 0.25) is 0 Å². The van der Waals surface area contributed by atoms with Crippen molar-refractivity contribution in [1.82, 2.24) is 0 Å². The van der Waals surface area contributed by atoms with E-state index in [0.717, 1.165) is 19.4 Å². The van der Waals surface area contributed by atoms with Crippen LogP contribution in [0.15, 0.2) is 26.3 Å². The van der Waals surface area contributed by atoms with Crippen molar-refractivity contribution in [3.8, 4) is 0 Å². The van der Waals surface area contributed by atoms with Gasteiger partial charge in [0.2, 0.25) is 0 Å². The molecule has 0 radical (unpaired) electrons. The summed E-state index contributed by atoms with van der Waals surface area (Å²) in [6.07, 6.45) is 1.92. The summed E-state index contributed by atoms with van der Waals surface area (Å²) in [5.74, 6) is 0. The van der Waals surface area contributed by atoms with Gasteiger partial charge in [-0.05, 0) is 13.3 Å². The normalized spacial score (nSPS) is 10.1. The number of ether oxygens (including phenoxy) is 1. The summed E-state index contributed by atoms with van der Waals surface area (Å²) in [6, 6.07) is 0. The molecule has 0 heterocycles. The van der Waals surface area contributed by atoms with Crippen LogP contribution in [0.1, 0.15) is 26.7 Å². The van der Waals surface area contributed by atoms with E-state index >= 15 is 0 Å². The van der Waals surface area contributed by atoms with Crippen LogP contribution in [0.3, 0.4) is 0 Å². The Bertz CT molecular complexity index is 70.5. The average Bonchev–Trinajstić information content (AvgIpc) is 2.19. The monoisotopic (exact) mass is 188 g/mol. The topological polar surface area (TPSA) is 29.5 Å². The third-order valence-corrected chi connectivity index (χ3v) is 1.00. The second kappa shape index (κ2) is 22.5. The van der Waals surface area contributed by atoms with E-state index in [9.17, 15) is 0 Å². The summed E-state index contributed by atoms with van der Waals surface area (Å²) in [4.78, 5) is 0. The number of unbranched alkanes of at least 4 members (excludes halogenated alkanes) is 1. The van der Waals surface area contributed by atoms with Gasteiger partial charge in [-0.2, -0.15) is 0 Å². The maximum Gasteiger partial charge on any atom is 0.0745 e. The molecule has 1 atom stereocenters. The maximum atomic E-state index is 8.73. The zero-order valence-corrected chi connectivity index (χ0v) is 9.09. The van der Waals surface area contributed by atoms with Crippen LogP contribution in [0.25, 0.3) is 0 Å². The molecule has 0 aromatic heterocycles. The number of aliphatic hydroxyl groups excluding tert-OH is 1. The minimum Gasteiger partial charge on any atom is -0.391 e. The van der Waals surface area contributed by atoms with Gasteiger partial charge >= 0.3 is 0 Å². The summed E-state index contributed by atoms with van der Waals surface area (Å²) in [6.45, 7) is 17.1. The van der Waals surface area contributed by atoms with Crippen molar-refractivity contribution in [2.45, 2.75) is 32.8 Å². The van der Waals surface area contributed by atoms with Gasteiger partial charge < -0.3 is 9.84 Å². The molecule has 0 rings (SSSR count). The molecule has 0 aliphatic heterocycles. The van der Waals surface area contributed by atoms with Crippen LogP contribution in [-0.2, 0) is 4.74 Å². The lowest BCUT2D eigenvalue weighted by molar-refractivity contribution is 0.0450. The van der Waals surface area contributed by atoms with Crippen molar-refractivity contribution < 1.29 is 9.84 Å². The van der Waals surface area contributed by atoms with Crippen molar-refractivity contribution in [2.75, 3.05) is 13.2 Å². The Morgan fingerprint density at radius 1 is 1.23 bits per heavy atom. The fourth-order valence-corrected chi connectivity index (χ4v) is 0.500. The zero-order valence-electron chi connectivity index (χ0n) is 9.09. The van der Waals surface area contributed by atoms with Crippen molar-refractivity contribution in [3.63, 3.8) is 0 Å². The van der Waals surface area contributed by atoms with Gasteiger partial charge in [-0.25, -0.2) is 0 Å². The average molecular weight is 188 g/mol. The molecular weight excluding hydrogens is 164 g/mol. The highest BCUT2D eigenvalue weighted by Crippen LogP contribution is 1.89. The van der Waals surface area contributed by atoms with E-state index in [-0.39, 0.29) is 6.10 Å². The Kier molecular flexibility index (Phi) is 31.6. The van der Waals surface area contributed by atoms with Crippen LogP contribution in [-0.4, -0.2) is 24.4 Å². The number of rotatable bonds is 5. The Morgan fingerprint density at radius 2 is 1.69 bits per heavy atom. The molecule has 0 bridgehead atoms. The van der Waals surface area contributed by atoms with E-state index in [1.807, 2.05) is 0 Å². The summed E-state index contributed by atoms with van der Waals surface area (Å²) in [5, 5.41) is 8.73. The molecular formula is C11H24O2. The van der Waals surface area contributed by atoms with Crippen molar-refractivity contribution >= 4 is 0 Å². The second-order valence-corrected chi connectivity index (χ2v) is 2.28. The lowest BCUT2D eigenvalue weighted by Gasteiger charge is -2.03. The fourth-order valence-electron chi connectivity index (χ4n) is 0.500. The third-order valence-electron chi connectivity index (χ3n) is 1.00. The molecule has 2 heteroatoms. The SMILES string of the molecule is C=C.C=C.CCCCOCC(C)O. The molecule has 0 amide bonds. The summed E-state index contributed by atoms with van der Waals surface area (Å²) in [5.41, 5.74) is 0. The van der Waals surface area contributed by atoms with Gasteiger partial charge in [-0.15, -0.1) is 26.3 Å². The highest BCUT2D eigenvalue weighted by molar-refractivity contribution is 4.40. The van der Waals surface area contributed by atoms with E-state index in [4.69, 9.17) is 9.84 Å². The molecule has 0 aromatic carbocycles. The molecule has 0 saturated carbocycles. The van der Waals surface area contributed by atoms with E-state index in [1.54, 1.807) is 6.92 Å². The molecule has 0 fully saturated rings. The Labute approximate surface area is 82.9 Å². The molecule has 2 nitrogen and oxygen atoms in total. The number of hydrogen-bond acceptors (Lipinski definition) is 2. The van der Waals surface area contributed by atoms with Gasteiger partial charge in [0.15, 0.2) is 0 Å². The standard InChI is InChI=1S/C7H16O2.2C2H4/c1-3-4-5-9-6-7(2)8;2*1-2/h7-8H,3-6H2,1-2H3;2*1-2H2. The quantitative estimate of drug-likeness (QED) is 0.531. The highest BCUT2D eigenvalue weighted by Gasteiger charge is 1.92. The first-order valence-electron chi connectivity index (χ1n) is 4.53. The predicted molar refractivity (Wildman–Crippen MR) is 59.9 cm³/mol. The van der Waals surface area contributed by atoms with Crippen LogP contribution in [0.4, 0.5) is 0 Å². The van der Waals surface area contributed by atoms with Gasteiger partial charge in [0.1, 0.15) is 0 Å². The lowest BCUT2D eigenvalue weighted by atomic mass is 10.4. The molecule has 0 aromatic rings. The lowest BCUT2D eigenvalue weighted by Crippen LogP contribution is -2.10. The van der Waals surface area contributed by atoms with E-state index in [0.29, 0.717) is 6.61 Å². The molecule has 1 N–H and O–H groups in total.